The van der Waals surface area contributed by atoms with Crippen molar-refractivity contribution >= 4 is 61.1 Å². The molecule has 14 heteroatoms. The lowest BCUT2D eigenvalue weighted by atomic mass is 10.2. The van der Waals surface area contributed by atoms with Gasteiger partial charge in [0.2, 0.25) is 11.0 Å². The summed E-state index contributed by atoms with van der Waals surface area (Å²) >= 11 is 2.45. The Morgan fingerprint density at radius 3 is 2.39 bits per heavy atom. The van der Waals surface area contributed by atoms with E-state index < -0.39 is 15.8 Å². The van der Waals surface area contributed by atoms with Crippen LogP contribution in [0.1, 0.15) is 15.2 Å². The fourth-order valence-corrected chi connectivity index (χ4v) is 4.06. The quantitative estimate of drug-likeness (QED) is 0.133. The van der Waals surface area contributed by atoms with Crippen LogP contribution >= 0.6 is 22.7 Å². The lowest BCUT2D eigenvalue weighted by molar-refractivity contribution is -0.385. The number of aromatic nitrogens is 1. The molecule has 2 aromatic carbocycles. The first-order chi connectivity index (χ1) is 15.9. The van der Waals surface area contributed by atoms with Gasteiger partial charge in [-0.25, -0.2) is 10.4 Å². The van der Waals surface area contributed by atoms with E-state index in [1.807, 2.05) is 0 Å². The molecule has 0 saturated carbocycles. The predicted octanol–water partition coefficient (Wildman–Crippen LogP) is 5.05. The number of nitrogens with one attached hydrogen (secondary N) is 1. The van der Waals surface area contributed by atoms with Gasteiger partial charge in [0.25, 0.3) is 17.3 Å². The second-order valence-electron chi connectivity index (χ2n) is 6.26. The molecule has 0 aliphatic heterocycles. The molecule has 0 fully saturated rings. The number of thiophene rings is 1. The number of rotatable bonds is 6. The van der Waals surface area contributed by atoms with Crippen LogP contribution in [0.3, 0.4) is 0 Å². The van der Waals surface area contributed by atoms with Gasteiger partial charge < -0.3 is 0 Å². The zero-order valence-electron chi connectivity index (χ0n) is 16.3. The van der Waals surface area contributed by atoms with E-state index in [1.165, 1.54) is 53.8 Å². The molecule has 164 valence electrons. The van der Waals surface area contributed by atoms with Gasteiger partial charge in [-0.3, -0.25) is 25.0 Å². The van der Waals surface area contributed by atoms with Gasteiger partial charge in [-0.05, 0) is 29.6 Å². The average molecular weight is 481 g/mol. The van der Waals surface area contributed by atoms with Gasteiger partial charge in [0.15, 0.2) is 0 Å². The van der Waals surface area contributed by atoms with Crippen molar-refractivity contribution < 1.29 is 14.6 Å². The molecule has 0 radical (unpaired) electrons. The summed E-state index contributed by atoms with van der Waals surface area (Å²) in [7, 11) is 0. The first-order valence-corrected chi connectivity index (χ1v) is 10.7. The topological polar surface area (TPSA) is 165 Å². The monoisotopic (exact) mass is 481 g/mol. The van der Waals surface area contributed by atoms with Crippen LogP contribution in [-0.4, -0.2) is 26.6 Å². The predicted molar refractivity (Wildman–Crippen MR) is 122 cm³/mol. The molecule has 2 heterocycles. The Morgan fingerprint density at radius 2 is 1.73 bits per heavy atom. The number of hydrogen-bond donors (Lipinski definition) is 1. The van der Waals surface area contributed by atoms with Crippen LogP contribution in [0.5, 0.6) is 0 Å². The SMILES string of the molecule is O=C(N/N=C(/N=Nc1nc2ccc([N+](=O)[O-])cc2s1)c1cccs1)c1ccc([N+](=O)[O-])cc1. The third kappa shape index (κ3) is 5.08. The van der Waals surface area contributed by atoms with Gasteiger partial charge in [0.05, 0.1) is 24.9 Å². The fraction of sp³-hybridized carbons (Fsp3) is 0. The standard InChI is InChI=1S/C19H11N7O5S2/c27-18(11-3-5-12(6-4-11)25(28)29)23-21-17(15-2-1-9-32-15)22-24-19-20-14-8-7-13(26(30)31)10-16(14)33-19/h1-10H,(H,23,27)/b21-17+,24-22?. The molecular weight excluding hydrogens is 470 g/mol. The highest BCUT2D eigenvalue weighted by Gasteiger charge is 2.12. The molecule has 0 saturated heterocycles. The number of amides is 1. The minimum absolute atomic E-state index is 0.0515. The van der Waals surface area contributed by atoms with E-state index in [4.69, 9.17) is 0 Å². The van der Waals surface area contributed by atoms with Crippen LogP contribution in [0.15, 0.2) is 75.3 Å². The van der Waals surface area contributed by atoms with E-state index in [2.05, 4.69) is 25.7 Å². The Hall–Kier alpha value is -4.43. The average Bonchev–Trinajstić information content (AvgIpc) is 3.48. The third-order valence-corrected chi connectivity index (χ3v) is 5.92. The summed E-state index contributed by atoms with van der Waals surface area (Å²) in [5.74, 6) is -0.466. The molecule has 4 rings (SSSR count). The Bertz CT molecular complexity index is 1410. The molecule has 0 atom stereocenters. The maximum atomic E-state index is 12.4. The van der Waals surface area contributed by atoms with E-state index in [1.54, 1.807) is 17.5 Å². The normalized spacial score (nSPS) is 11.7. The van der Waals surface area contributed by atoms with E-state index in [9.17, 15) is 25.0 Å². The van der Waals surface area contributed by atoms with Crippen molar-refractivity contribution in [1.29, 1.82) is 0 Å². The van der Waals surface area contributed by atoms with Crippen LogP contribution in [0.4, 0.5) is 16.5 Å². The molecule has 0 spiro atoms. The minimum atomic E-state index is -0.582. The summed E-state index contributed by atoms with van der Waals surface area (Å²) in [5.41, 5.74) is 2.89. The van der Waals surface area contributed by atoms with Crippen molar-refractivity contribution in [1.82, 2.24) is 10.4 Å². The molecule has 0 aliphatic rings. The molecule has 12 nitrogen and oxygen atoms in total. The zero-order chi connectivity index (χ0) is 23.4. The van der Waals surface area contributed by atoms with Crippen molar-refractivity contribution in [2.75, 3.05) is 0 Å². The van der Waals surface area contributed by atoms with Crippen molar-refractivity contribution in [3.05, 3.63) is 90.6 Å². The summed E-state index contributed by atoms with van der Waals surface area (Å²) in [5, 5.41) is 35.9. The highest BCUT2D eigenvalue weighted by Crippen LogP contribution is 2.31. The van der Waals surface area contributed by atoms with E-state index in [0.29, 0.717) is 15.1 Å². The molecule has 0 unspecified atom stereocenters. The Kier molecular flexibility index (Phi) is 6.19. The second kappa shape index (κ2) is 9.37. The van der Waals surface area contributed by atoms with Crippen molar-refractivity contribution in [2.24, 2.45) is 15.3 Å². The van der Waals surface area contributed by atoms with Gasteiger partial charge >= 0.3 is 0 Å². The Morgan fingerprint density at radius 1 is 1.00 bits per heavy atom. The summed E-state index contributed by atoms with van der Waals surface area (Å²) in [4.78, 5) is 37.9. The van der Waals surface area contributed by atoms with Crippen LogP contribution in [0.2, 0.25) is 0 Å². The maximum absolute atomic E-state index is 12.4. The van der Waals surface area contributed by atoms with Crippen molar-refractivity contribution in [3.8, 4) is 0 Å². The maximum Gasteiger partial charge on any atom is 0.271 e. The number of nitrogens with zero attached hydrogens (tertiary/aromatic N) is 6. The number of fused-ring (bicyclic) bond motifs is 1. The van der Waals surface area contributed by atoms with Crippen LogP contribution in [0.25, 0.3) is 10.2 Å². The lowest BCUT2D eigenvalue weighted by Crippen LogP contribution is -2.19. The third-order valence-electron chi connectivity index (χ3n) is 4.15. The van der Waals surface area contributed by atoms with Gasteiger partial charge in [-0.15, -0.1) is 26.7 Å². The van der Waals surface area contributed by atoms with Crippen LogP contribution in [0, 0.1) is 20.2 Å². The Balaban J connectivity index is 1.56. The number of non-ortho nitro benzene ring substituents is 2. The largest absolute Gasteiger partial charge is 0.271 e. The van der Waals surface area contributed by atoms with E-state index in [-0.39, 0.29) is 27.9 Å². The second-order valence-corrected chi connectivity index (χ2v) is 8.22. The fourth-order valence-electron chi connectivity index (χ4n) is 2.58. The number of hydrogen-bond acceptors (Lipinski definition) is 10. The number of thiazole rings is 1. The zero-order valence-corrected chi connectivity index (χ0v) is 17.9. The molecule has 1 amide bonds. The van der Waals surface area contributed by atoms with Crippen LogP contribution in [-0.2, 0) is 0 Å². The van der Waals surface area contributed by atoms with Crippen molar-refractivity contribution in [3.63, 3.8) is 0 Å². The lowest BCUT2D eigenvalue weighted by Gasteiger charge is -2.01. The number of carbonyl (C=O) groups excluding carboxylic acids is 1. The van der Waals surface area contributed by atoms with Gasteiger partial charge in [-0.1, -0.05) is 17.4 Å². The smallest absolute Gasteiger partial charge is 0.267 e. The molecular formula is C19H11N7O5S2. The number of azo groups is 1. The van der Waals surface area contributed by atoms with Crippen molar-refractivity contribution in [2.45, 2.75) is 0 Å². The number of nitro groups is 2. The highest BCUT2D eigenvalue weighted by molar-refractivity contribution is 7.22. The van der Waals surface area contributed by atoms with Gasteiger partial charge in [0.1, 0.15) is 0 Å². The van der Waals surface area contributed by atoms with E-state index >= 15 is 0 Å². The summed E-state index contributed by atoms with van der Waals surface area (Å²) in [6.45, 7) is 0. The first kappa shape index (κ1) is 21.8. The molecule has 0 bridgehead atoms. The number of carbonyl (C=O) groups is 1. The number of hydrazone groups is 1. The Labute approximate surface area is 192 Å². The molecule has 0 aliphatic carbocycles. The first-order valence-electron chi connectivity index (χ1n) is 9.04. The summed E-state index contributed by atoms with van der Waals surface area (Å²) in [6, 6.07) is 12.9. The number of benzene rings is 2. The number of amidine groups is 1. The van der Waals surface area contributed by atoms with Crippen LogP contribution < -0.4 is 5.43 Å². The van der Waals surface area contributed by atoms with Gasteiger partial charge in [-0.2, -0.15) is 0 Å². The molecule has 4 aromatic rings. The molecule has 1 N–H and O–H groups in total. The molecule has 2 aromatic heterocycles. The summed E-state index contributed by atoms with van der Waals surface area (Å²) in [6.07, 6.45) is 0. The van der Waals surface area contributed by atoms with E-state index in [0.717, 1.165) is 11.3 Å². The highest BCUT2D eigenvalue weighted by atomic mass is 32.1. The molecule has 33 heavy (non-hydrogen) atoms. The number of nitro benzene ring substituents is 2. The van der Waals surface area contributed by atoms with Gasteiger partial charge in [0, 0.05) is 29.8 Å². The minimum Gasteiger partial charge on any atom is -0.267 e. The summed E-state index contributed by atoms with van der Waals surface area (Å²) < 4.78 is 0.583.